The molecule has 188 valence electrons. The number of benzene rings is 1. The topological polar surface area (TPSA) is 68.8 Å². The largest absolute Gasteiger partial charge is 0.336 e. The van der Waals surface area contributed by atoms with Gasteiger partial charge in [-0.15, -0.1) is 0 Å². The van der Waals surface area contributed by atoms with Gasteiger partial charge in [-0.25, -0.2) is 14.7 Å². The first-order valence-electron chi connectivity index (χ1n) is 13.2. The quantitative estimate of drug-likeness (QED) is 0.609. The minimum Gasteiger partial charge on any atom is -0.336 e. The van der Waals surface area contributed by atoms with Crippen molar-refractivity contribution >= 4 is 23.3 Å². The van der Waals surface area contributed by atoms with Crippen LogP contribution in [0.25, 0.3) is 0 Å². The standard InChI is InChI=1S/C28H39N5O2/c1-4-21-12-13-25-24(18-21)26(34)19-22-10-9-14-29-27(22)33(25)28(35)30-15-17-32-16-8-7-11-23(32)20-31(5-2)6-3/h9-10,12-14,18,23H,4-8,11,15-17,19-20H2,1-3H3,(H,30,35). The van der Waals surface area contributed by atoms with Crippen LogP contribution in [0.1, 0.15) is 61.5 Å². The zero-order chi connectivity index (χ0) is 24.8. The first-order valence-corrected chi connectivity index (χ1v) is 13.2. The smallest absolute Gasteiger partial charge is 0.327 e. The number of likely N-dealkylation sites (N-methyl/N-ethyl adjacent to an activating group) is 1. The average Bonchev–Trinajstić information content (AvgIpc) is 3.01. The lowest BCUT2D eigenvalue weighted by Crippen LogP contribution is -2.50. The molecule has 0 bridgehead atoms. The van der Waals surface area contributed by atoms with Gasteiger partial charge in [0.2, 0.25) is 0 Å². The second kappa shape index (κ2) is 11.8. The third kappa shape index (κ3) is 5.73. The molecule has 1 aromatic heterocycles. The Labute approximate surface area is 209 Å². The summed E-state index contributed by atoms with van der Waals surface area (Å²) in [6.07, 6.45) is 6.46. The van der Waals surface area contributed by atoms with Crippen molar-refractivity contribution in [2.24, 2.45) is 0 Å². The lowest BCUT2D eigenvalue weighted by Gasteiger charge is -2.38. The van der Waals surface area contributed by atoms with Gasteiger partial charge in [0.05, 0.1) is 5.69 Å². The first-order chi connectivity index (χ1) is 17.0. The number of hydrogen-bond donors (Lipinski definition) is 1. The number of hydrogen-bond acceptors (Lipinski definition) is 5. The minimum absolute atomic E-state index is 0.0208. The zero-order valence-corrected chi connectivity index (χ0v) is 21.4. The highest BCUT2D eigenvalue weighted by molar-refractivity contribution is 6.11. The molecule has 2 aliphatic rings. The second-order valence-electron chi connectivity index (χ2n) is 9.53. The summed E-state index contributed by atoms with van der Waals surface area (Å²) in [5.41, 5.74) is 3.06. The maximum absolute atomic E-state index is 13.6. The number of likely N-dealkylation sites (tertiary alicyclic amines) is 1. The fourth-order valence-electron chi connectivity index (χ4n) is 5.31. The van der Waals surface area contributed by atoms with E-state index in [1.54, 1.807) is 11.1 Å². The summed E-state index contributed by atoms with van der Waals surface area (Å²) in [7, 11) is 0. The molecule has 2 amide bonds. The molecule has 7 heteroatoms. The Morgan fingerprint density at radius 1 is 1.17 bits per heavy atom. The first kappa shape index (κ1) is 25.3. The molecule has 1 unspecified atom stereocenters. The third-order valence-electron chi connectivity index (χ3n) is 7.43. The van der Waals surface area contributed by atoms with Gasteiger partial charge in [-0.2, -0.15) is 0 Å². The van der Waals surface area contributed by atoms with Gasteiger partial charge in [0.1, 0.15) is 5.82 Å². The molecule has 0 spiro atoms. The molecule has 1 aromatic carbocycles. The van der Waals surface area contributed by atoms with Crippen LogP contribution in [0.4, 0.5) is 16.3 Å². The second-order valence-corrected chi connectivity index (χ2v) is 9.53. The van der Waals surface area contributed by atoms with Gasteiger partial charge in [-0.05, 0) is 62.7 Å². The number of amides is 2. The number of carbonyl (C=O) groups excluding carboxylic acids is 2. The lowest BCUT2D eigenvalue weighted by molar-refractivity contribution is 0.0994. The van der Waals surface area contributed by atoms with E-state index in [1.165, 1.54) is 19.3 Å². The molecule has 1 fully saturated rings. The summed E-state index contributed by atoms with van der Waals surface area (Å²) < 4.78 is 0. The Hall–Kier alpha value is -2.77. The fraction of sp³-hybridized carbons (Fsp3) is 0.536. The molecule has 1 N–H and O–H groups in total. The molecule has 7 nitrogen and oxygen atoms in total. The van der Waals surface area contributed by atoms with Crippen LogP contribution in [0.15, 0.2) is 36.5 Å². The number of fused-ring (bicyclic) bond motifs is 2. The number of piperidine rings is 1. The van der Waals surface area contributed by atoms with Crippen molar-refractivity contribution in [1.82, 2.24) is 20.1 Å². The number of urea groups is 1. The highest BCUT2D eigenvalue weighted by atomic mass is 16.2. The van der Waals surface area contributed by atoms with E-state index in [1.807, 2.05) is 30.3 Å². The summed E-state index contributed by atoms with van der Waals surface area (Å²) in [6, 6.07) is 9.82. The van der Waals surface area contributed by atoms with Gasteiger partial charge < -0.3 is 10.2 Å². The van der Waals surface area contributed by atoms with E-state index < -0.39 is 0 Å². The summed E-state index contributed by atoms with van der Waals surface area (Å²) in [5, 5.41) is 3.13. The van der Waals surface area contributed by atoms with E-state index in [9.17, 15) is 9.59 Å². The number of Topliss-reactive ketones (excluding diaryl/α,β-unsaturated/α-hetero) is 1. The molecule has 1 atom stereocenters. The van der Waals surface area contributed by atoms with Crippen molar-refractivity contribution < 1.29 is 9.59 Å². The van der Waals surface area contributed by atoms with Crippen LogP contribution >= 0.6 is 0 Å². The van der Waals surface area contributed by atoms with Crippen LogP contribution < -0.4 is 10.2 Å². The summed E-state index contributed by atoms with van der Waals surface area (Å²) in [6.45, 7) is 12.2. The Morgan fingerprint density at radius 2 is 2.00 bits per heavy atom. The Balaban J connectivity index is 1.51. The monoisotopic (exact) mass is 477 g/mol. The van der Waals surface area contributed by atoms with Crippen LogP contribution in [0.2, 0.25) is 0 Å². The Morgan fingerprint density at radius 3 is 2.77 bits per heavy atom. The summed E-state index contributed by atoms with van der Waals surface area (Å²) in [4.78, 5) is 37.8. The zero-order valence-electron chi connectivity index (χ0n) is 21.4. The maximum atomic E-state index is 13.6. The van der Waals surface area contributed by atoms with E-state index in [-0.39, 0.29) is 18.2 Å². The van der Waals surface area contributed by atoms with Crippen LogP contribution in [0.3, 0.4) is 0 Å². The number of aromatic nitrogens is 1. The predicted octanol–water partition coefficient (Wildman–Crippen LogP) is 4.43. The molecule has 2 aliphatic heterocycles. The third-order valence-corrected chi connectivity index (χ3v) is 7.43. The fourth-order valence-corrected chi connectivity index (χ4v) is 5.31. The molecule has 0 saturated carbocycles. The number of nitrogens with one attached hydrogen (secondary N) is 1. The lowest BCUT2D eigenvalue weighted by atomic mass is 10.0. The van der Waals surface area contributed by atoms with Crippen LogP contribution in [0.5, 0.6) is 0 Å². The number of rotatable bonds is 8. The van der Waals surface area contributed by atoms with Crippen LogP contribution in [0, 0.1) is 0 Å². The van der Waals surface area contributed by atoms with Crippen molar-refractivity contribution in [3.05, 3.63) is 53.2 Å². The Kier molecular flexibility index (Phi) is 8.52. The van der Waals surface area contributed by atoms with Gasteiger partial charge in [0.15, 0.2) is 5.78 Å². The molecule has 4 rings (SSSR count). The van der Waals surface area contributed by atoms with Gasteiger partial charge >= 0.3 is 6.03 Å². The average molecular weight is 478 g/mol. The number of carbonyl (C=O) groups is 2. The normalized spacial score (nSPS) is 18.2. The summed E-state index contributed by atoms with van der Waals surface area (Å²) >= 11 is 0. The van der Waals surface area contributed by atoms with E-state index in [2.05, 4.69) is 40.9 Å². The Bertz CT molecular complexity index is 1040. The number of anilines is 2. The van der Waals surface area contributed by atoms with Crippen molar-refractivity contribution in [3.63, 3.8) is 0 Å². The molecule has 0 aliphatic carbocycles. The number of aryl methyl sites for hydroxylation is 1. The van der Waals surface area contributed by atoms with E-state index in [0.29, 0.717) is 29.7 Å². The molecule has 35 heavy (non-hydrogen) atoms. The highest BCUT2D eigenvalue weighted by Crippen LogP contribution is 2.35. The molecule has 0 radical (unpaired) electrons. The molecule has 3 heterocycles. The van der Waals surface area contributed by atoms with Crippen LogP contribution in [-0.2, 0) is 12.8 Å². The predicted molar refractivity (Wildman–Crippen MR) is 141 cm³/mol. The molecule has 2 aromatic rings. The van der Waals surface area contributed by atoms with Crippen LogP contribution in [-0.4, -0.2) is 71.9 Å². The minimum atomic E-state index is -0.234. The van der Waals surface area contributed by atoms with E-state index in [4.69, 9.17) is 0 Å². The van der Waals surface area contributed by atoms with Crippen molar-refractivity contribution in [2.45, 2.75) is 58.9 Å². The maximum Gasteiger partial charge on any atom is 0.327 e. The van der Waals surface area contributed by atoms with E-state index >= 15 is 0 Å². The highest BCUT2D eigenvalue weighted by Gasteiger charge is 2.31. The molecule has 1 saturated heterocycles. The molecular formula is C28H39N5O2. The number of nitrogens with zero attached hydrogens (tertiary/aromatic N) is 4. The van der Waals surface area contributed by atoms with Gasteiger partial charge in [0, 0.05) is 49.4 Å². The van der Waals surface area contributed by atoms with Gasteiger partial charge in [-0.3, -0.25) is 9.69 Å². The summed E-state index contributed by atoms with van der Waals surface area (Å²) in [5.74, 6) is 0.561. The van der Waals surface area contributed by atoms with Crippen molar-refractivity contribution in [3.8, 4) is 0 Å². The van der Waals surface area contributed by atoms with Gasteiger partial charge in [-0.1, -0.05) is 39.3 Å². The van der Waals surface area contributed by atoms with Gasteiger partial charge in [0.25, 0.3) is 0 Å². The number of pyridine rings is 1. The van der Waals surface area contributed by atoms with Crippen molar-refractivity contribution in [2.75, 3.05) is 44.2 Å². The SMILES string of the molecule is CCc1ccc2c(c1)C(=O)Cc1cccnc1N2C(=O)NCCN1CCCCC1CN(CC)CC. The van der Waals surface area contributed by atoms with Crippen molar-refractivity contribution in [1.29, 1.82) is 0 Å². The van der Waals surface area contributed by atoms with E-state index in [0.717, 1.165) is 50.3 Å². The molecular weight excluding hydrogens is 438 g/mol. The number of ketones is 1.